The van der Waals surface area contributed by atoms with E-state index in [0.29, 0.717) is 0 Å². The van der Waals surface area contributed by atoms with E-state index >= 15 is 0 Å². The first-order valence-electron chi connectivity index (χ1n) is 6.59. The Morgan fingerprint density at radius 1 is 1.41 bits per heavy atom. The number of aliphatic hydroxyl groups is 1. The van der Waals surface area contributed by atoms with Gasteiger partial charge in [-0.1, -0.05) is 13.8 Å². The molecule has 0 spiro atoms. The third-order valence-electron chi connectivity index (χ3n) is 3.46. The molecule has 0 bridgehead atoms. The second kappa shape index (κ2) is 6.36. The van der Waals surface area contributed by atoms with Crippen molar-refractivity contribution in [3.8, 4) is 0 Å². The second-order valence-electron chi connectivity index (χ2n) is 5.77. The van der Waals surface area contributed by atoms with Crippen LogP contribution in [0.4, 0.5) is 0 Å². The fourth-order valence-electron chi connectivity index (χ4n) is 2.12. The minimum atomic E-state index is -0.119. The molecule has 1 aliphatic heterocycles. The number of amides is 1. The zero-order valence-electron chi connectivity index (χ0n) is 11.3. The van der Waals surface area contributed by atoms with Crippen molar-refractivity contribution >= 4 is 5.91 Å². The normalized spacial score (nSPS) is 18.5. The molecule has 0 aromatic carbocycles. The average molecular weight is 242 g/mol. The molecule has 0 aliphatic carbocycles. The zero-order chi connectivity index (χ0) is 12.9. The molecule has 0 aromatic rings. The van der Waals surface area contributed by atoms with Gasteiger partial charge in [0.1, 0.15) is 0 Å². The Morgan fingerprint density at radius 3 is 2.53 bits per heavy atom. The molecular weight excluding hydrogens is 216 g/mol. The molecule has 4 heteroatoms. The number of nitrogens with zero attached hydrogens (tertiary/aromatic N) is 1. The first kappa shape index (κ1) is 14.5. The molecule has 0 radical (unpaired) electrons. The van der Waals surface area contributed by atoms with Gasteiger partial charge in [-0.2, -0.15) is 0 Å². The van der Waals surface area contributed by atoms with Crippen LogP contribution in [-0.2, 0) is 4.79 Å². The van der Waals surface area contributed by atoms with E-state index in [9.17, 15) is 4.79 Å². The molecule has 1 saturated heterocycles. The predicted molar refractivity (Wildman–Crippen MR) is 68.8 cm³/mol. The quantitative estimate of drug-likeness (QED) is 0.730. The molecule has 1 heterocycles. The average Bonchev–Trinajstić information content (AvgIpc) is 2.78. The fraction of sp³-hybridized carbons (Fsp3) is 0.923. The summed E-state index contributed by atoms with van der Waals surface area (Å²) in [6, 6.07) is -0.119. The van der Waals surface area contributed by atoms with Gasteiger partial charge in [0, 0.05) is 26.2 Å². The van der Waals surface area contributed by atoms with Crippen molar-refractivity contribution in [3.63, 3.8) is 0 Å². The predicted octanol–water partition coefficient (Wildman–Crippen LogP) is 0.995. The van der Waals surface area contributed by atoms with Crippen LogP contribution in [0, 0.1) is 5.41 Å². The molecule has 1 fully saturated rings. The summed E-state index contributed by atoms with van der Waals surface area (Å²) in [7, 11) is 0. The summed E-state index contributed by atoms with van der Waals surface area (Å²) >= 11 is 0. The van der Waals surface area contributed by atoms with Crippen molar-refractivity contribution in [3.05, 3.63) is 0 Å². The third-order valence-corrected chi connectivity index (χ3v) is 3.46. The maximum absolute atomic E-state index is 12.0. The summed E-state index contributed by atoms with van der Waals surface area (Å²) in [6.07, 6.45) is 3.02. The molecule has 4 nitrogen and oxygen atoms in total. The van der Waals surface area contributed by atoms with Gasteiger partial charge in [-0.25, -0.2) is 0 Å². The molecule has 1 unspecified atom stereocenters. The van der Waals surface area contributed by atoms with Crippen molar-refractivity contribution in [1.82, 2.24) is 10.2 Å². The van der Waals surface area contributed by atoms with Gasteiger partial charge in [-0.3, -0.25) is 4.79 Å². The molecule has 1 atom stereocenters. The Balaban J connectivity index is 2.33. The van der Waals surface area contributed by atoms with E-state index in [1.807, 2.05) is 11.8 Å². The summed E-state index contributed by atoms with van der Waals surface area (Å²) in [5, 5.41) is 12.2. The number of aliphatic hydroxyl groups excluding tert-OH is 1. The molecule has 0 saturated carbocycles. The molecule has 2 N–H and O–H groups in total. The number of likely N-dealkylation sites (tertiary alicyclic amines) is 1. The van der Waals surface area contributed by atoms with Crippen LogP contribution in [0.5, 0.6) is 0 Å². The lowest BCUT2D eigenvalue weighted by molar-refractivity contribution is -0.132. The molecule has 0 aromatic heterocycles. The van der Waals surface area contributed by atoms with Crippen molar-refractivity contribution < 1.29 is 9.90 Å². The van der Waals surface area contributed by atoms with Gasteiger partial charge >= 0.3 is 0 Å². The lowest BCUT2D eigenvalue weighted by Crippen LogP contribution is -2.46. The Hall–Kier alpha value is -0.610. The van der Waals surface area contributed by atoms with Gasteiger partial charge < -0.3 is 15.3 Å². The van der Waals surface area contributed by atoms with Crippen molar-refractivity contribution in [1.29, 1.82) is 0 Å². The largest absolute Gasteiger partial charge is 0.396 e. The summed E-state index contributed by atoms with van der Waals surface area (Å²) in [5.41, 5.74) is 0.0360. The number of carbonyl (C=O) groups is 1. The topological polar surface area (TPSA) is 52.6 Å². The SMILES string of the molecule is CC(NCC(C)(C)CCO)C(=O)N1CCCC1. The van der Waals surface area contributed by atoms with E-state index in [-0.39, 0.29) is 24.0 Å². The highest BCUT2D eigenvalue weighted by Gasteiger charge is 2.25. The highest BCUT2D eigenvalue weighted by atomic mass is 16.3. The van der Waals surface area contributed by atoms with E-state index in [2.05, 4.69) is 19.2 Å². The van der Waals surface area contributed by atoms with Gasteiger partial charge in [0.2, 0.25) is 5.91 Å². The molecule has 100 valence electrons. The monoisotopic (exact) mass is 242 g/mol. The van der Waals surface area contributed by atoms with E-state index < -0.39 is 0 Å². The van der Waals surface area contributed by atoms with Crippen LogP contribution in [0.2, 0.25) is 0 Å². The van der Waals surface area contributed by atoms with Crippen molar-refractivity contribution in [2.75, 3.05) is 26.2 Å². The summed E-state index contributed by atoms with van der Waals surface area (Å²) < 4.78 is 0. The van der Waals surface area contributed by atoms with Crippen LogP contribution < -0.4 is 5.32 Å². The number of hydrogen-bond donors (Lipinski definition) is 2. The van der Waals surface area contributed by atoms with Crippen LogP contribution in [-0.4, -0.2) is 48.2 Å². The first-order chi connectivity index (χ1) is 7.96. The lowest BCUT2D eigenvalue weighted by atomic mass is 9.89. The second-order valence-corrected chi connectivity index (χ2v) is 5.77. The molecule has 1 aliphatic rings. The standard InChI is InChI=1S/C13H26N2O2/c1-11(12(17)15-7-4-5-8-15)14-10-13(2,3)6-9-16/h11,14,16H,4-10H2,1-3H3. The van der Waals surface area contributed by atoms with E-state index in [0.717, 1.165) is 38.9 Å². The summed E-state index contributed by atoms with van der Waals surface area (Å²) in [5.74, 6) is 0.210. The van der Waals surface area contributed by atoms with Crippen LogP contribution in [0.25, 0.3) is 0 Å². The Morgan fingerprint density at radius 2 is 2.00 bits per heavy atom. The maximum atomic E-state index is 12.0. The Labute approximate surface area is 104 Å². The fourth-order valence-corrected chi connectivity index (χ4v) is 2.12. The molecule has 1 rings (SSSR count). The smallest absolute Gasteiger partial charge is 0.239 e. The number of hydrogen-bond acceptors (Lipinski definition) is 3. The number of rotatable bonds is 6. The minimum Gasteiger partial charge on any atom is -0.396 e. The zero-order valence-corrected chi connectivity index (χ0v) is 11.3. The number of nitrogens with one attached hydrogen (secondary N) is 1. The highest BCUT2D eigenvalue weighted by Crippen LogP contribution is 2.18. The van der Waals surface area contributed by atoms with Crippen LogP contribution in [0.1, 0.15) is 40.0 Å². The maximum Gasteiger partial charge on any atom is 0.239 e. The van der Waals surface area contributed by atoms with Gasteiger partial charge in [-0.05, 0) is 31.6 Å². The molecular formula is C13H26N2O2. The molecule has 17 heavy (non-hydrogen) atoms. The van der Waals surface area contributed by atoms with E-state index in [4.69, 9.17) is 5.11 Å². The van der Waals surface area contributed by atoms with E-state index in [1.165, 1.54) is 0 Å². The molecule has 1 amide bonds. The number of carbonyl (C=O) groups excluding carboxylic acids is 1. The third kappa shape index (κ3) is 4.64. The van der Waals surface area contributed by atoms with Gasteiger partial charge in [0.05, 0.1) is 6.04 Å². The Bertz CT molecular complexity index is 248. The lowest BCUT2D eigenvalue weighted by Gasteiger charge is -2.27. The van der Waals surface area contributed by atoms with Crippen LogP contribution in [0.15, 0.2) is 0 Å². The summed E-state index contributed by atoms with van der Waals surface area (Å²) in [4.78, 5) is 14.0. The minimum absolute atomic E-state index is 0.0360. The van der Waals surface area contributed by atoms with Gasteiger partial charge in [-0.15, -0.1) is 0 Å². The first-order valence-corrected chi connectivity index (χ1v) is 6.59. The van der Waals surface area contributed by atoms with Crippen LogP contribution >= 0.6 is 0 Å². The van der Waals surface area contributed by atoms with Crippen molar-refractivity contribution in [2.45, 2.75) is 46.1 Å². The van der Waals surface area contributed by atoms with Gasteiger partial charge in [0.15, 0.2) is 0 Å². The van der Waals surface area contributed by atoms with E-state index in [1.54, 1.807) is 0 Å². The van der Waals surface area contributed by atoms with Crippen LogP contribution in [0.3, 0.4) is 0 Å². The highest BCUT2D eigenvalue weighted by molar-refractivity contribution is 5.81. The van der Waals surface area contributed by atoms with Crippen molar-refractivity contribution in [2.24, 2.45) is 5.41 Å². The summed E-state index contributed by atoms with van der Waals surface area (Å²) in [6.45, 7) is 8.90. The van der Waals surface area contributed by atoms with Gasteiger partial charge in [0.25, 0.3) is 0 Å². The Kier molecular flexibility index (Phi) is 5.40.